The molecule has 3 aromatic heterocycles. The Balaban J connectivity index is 0.000000628. The summed E-state index contributed by atoms with van der Waals surface area (Å²) < 4.78 is 8.19. The van der Waals surface area contributed by atoms with Crippen molar-refractivity contribution in [1.82, 2.24) is 19.6 Å². The third-order valence-corrected chi connectivity index (χ3v) is 7.98. The summed E-state index contributed by atoms with van der Waals surface area (Å²) in [5.74, 6) is -0.0629. The van der Waals surface area contributed by atoms with Gasteiger partial charge in [-0.15, -0.1) is 0 Å². The molecule has 246 valence electrons. The van der Waals surface area contributed by atoms with Gasteiger partial charge in [0.25, 0.3) is 0 Å². The normalized spacial score (nSPS) is 16.6. The quantitative estimate of drug-likeness (QED) is 0.227. The van der Waals surface area contributed by atoms with Crippen LogP contribution in [0.25, 0.3) is 28.0 Å². The maximum Gasteiger partial charge on any atom is 0.308 e. The van der Waals surface area contributed by atoms with Crippen molar-refractivity contribution >= 4 is 17.4 Å². The van der Waals surface area contributed by atoms with Crippen molar-refractivity contribution in [1.29, 1.82) is 0 Å². The van der Waals surface area contributed by atoms with Gasteiger partial charge in [-0.3, -0.25) is 9.78 Å². The van der Waals surface area contributed by atoms with Crippen LogP contribution in [0.2, 0.25) is 0 Å². The number of allylic oxidation sites excluding steroid dienone is 1. The molecule has 6 bridgehead atoms. The summed E-state index contributed by atoms with van der Waals surface area (Å²) in [5, 5.41) is 23.3. The molecule has 3 aliphatic rings. The lowest BCUT2D eigenvalue weighted by Gasteiger charge is -2.40. The van der Waals surface area contributed by atoms with E-state index < -0.39 is 11.6 Å². The van der Waals surface area contributed by atoms with E-state index in [1.165, 1.54) is 5.56 Å². The Hall–Kier alpha value is -4.08. The van der Waals surface area contributed by atoms with E-state index in [1.807, 2.05) is 49.8 Å². The number of aryl methyl sites for hydroxylation is 2. The Morgan fingerprint density at radius 1 is 1.07 bits per heavy atom. The van der Waals surface area contributed by atoms with Gasteiger partial charge in [-0.05, 0) is 83.6 Å². The Kier molecular flexibility index (Phi) is 11.3. The summed E-state index contributed by atoms with van der Waals surface area (Å²) >= 11 is 0. The van der Waals surface area contributed by atoms with Gasteiger partial charge >= 0.3 is 5.97 Å². The molecule has 0 atom stereocenters. The van der Waals surface area contributed by atoms with Crippen LogP contribution in [0.15, 0.2) is 60.9 Å². The van der Waals surface area contributed by atoms with Crippen molar-refractivity contribution < 1.29 is 19.7 Å². The van der Waals surface area contributed by atoms with Gasteiger partial charge in [0.2, 0.25) is 0 Å². The van der Waals surface area contributed by atoms with E-state index in [-0.39, 0.29) is 12.0 Å². The molecule has 0 saturated carbocycles. The smallest absolute Gasteiger partial charge is 0.308 e. The number of aromatic nitrogens is 4. The number of fused-ring (bicyclic) bond motifs is 6. The number of hydrogen-bond acceptors (Lipinski definition) is 7. The molecule has 46 heavy (non-hydrogen) atoms. The summed E-state index contributed by atoms with van der Waals surface area (Å²) in [4.78, 5) is 23.3. The SMILES string of the molecule is CC.CC(C)(C)O.Cc1nc2cc3nn2c(c1CC(=O)O)N1CCC(C)(CC1)OC/C=C\CCc1ccncc1-c1cccc-3c1. The highest BCUT2D eigenvalue weighted by Gasteiger charge is 2.33. The molecule has 7 rings (SSSR count). The minimum atomic E-state index is -0.879. The topological polar surface area (TPSA) is 113 Å². The predicted octanol–water partition coefficient (Wildman–Crippen LogP) is 7.08. The van der Waals surface area contributed by atoms with E-state index in [9.17, 15) is 9.90 Å². The molecular formula is C37H49N5O4. The summed E-state index contributed by atoms with van der Waals surface area (Å²) in [5.41, 5.74) is 6.63. The minimum absolute atomic E-state index is 0.104. The number of carboxylic acid groups (broad SMARTS) is 1. The summed E-state index contributed by atoms with van der Waals surface area (Å²) in [6.07, 6.45) is 11.5. The fourth-order valence-corrected chi connectivity index (χ4v) is 5.72. The zero-order valence-electron chi connectivity index (χ0n) is 28.4. The van der Waals surface area contributed by atoms with E-state index >= 15 is 0 Å². The number of ether oxygens (including phenoxy) is 1. The summed E-state index contributed by atoms with van der Waals surface area (Å²) in [7, 11) is 0. The van der Waals surface area contributed by atoms with Crippen LogP contribution in [0.1, 0.15) is 77.6 Å². The average Bonchev–Trinajstić information content (AvgIpc) is 3.43. The first kappa shape index (κ1) is 34.8. The number of aliphatic carboxylic acids is 1. The lowest BCUT2D eigenvalue weighted by Crippen LogP contribution is -2.45. The number of pyridine rings is 1. The number of anilines is 1. The number of piperidine rings is 1. The first-order chi connectivity index (χ1) is 21.9. The van der Waals surface area contributed by atoms with Gasteiger partial charge in [0.15, 0.2) is 5.65 Å². The van der Waals surface area contributed by atoms with Crippen LogP contribution in [0.5, 0.6) is 0 Å². The zero-order valence-corrected chi connectivity index (χ0v) is 28.4. The van der Waals surface area contributed by atoms with Crippen LogP contribution in [0, 0.1) is 6.92 Å². The molecule has 1 aromatic carbocycles. The van der Waals surface area contributed by atoms with E-state index in [4.69, 9.17) is 19.9 Å². The highest BCUT2D eigenvalue weighted by molar-refractivity contribution is 5.77. The standard InChI is InChI=1S/C31H33N5O3.C4H10O.C2H6/c1-21-25(18-29(37)38)30-35-14-11-31(2,12-15-35)39-16-5-3-4-7-22-10-13-32-20-26(22)23-8-6-9-24(17-23)27-19-28(33-21)36(30)34-27;1-4(2,3)5;1-2/h3,5-6,8-10,13,17,19-20H,4,7,11-12,14-16,18H2,1-2H3,(H,37,38);5H,1-3H3;1-2H3/b5-3-;;. The maximum atomic E-state index is 11.9. The molecule has 0 amide bonds. The van der Waals surface area contributed by atoms with Gasteiger partial charge in [0.1, 0.15) is 5.82 Å². The zero-order chi connectivity index (χ0) is 33.5. The van der Waals surface area contributed by atoms with Crippen molar-refractivity contribution in [3.8, 4) is 22.4 Å². The largest absolute Gasteiger partial charge is 0.481 e. The van der Waals surface area contributed by atoms with Crippen molar-refractivity contribution in [2.45, 2.75) is 91.8 Å². The fourth-order valence-electron chi connectivity index (χ4n) is 5.72. The highest BCUT2D eigenvalue weighted by atomic mass is 16.5. The van der Waals surface area contributed by atoms with Gasteiger partial charge in [-0.25, -0.2) is 4.98 Å². The number of carbonyl (C=O) groups is 1. The van der Waals surface area contributed by atoms with E-state index in [2.05, 4.69) is 53.2 Å². The summed E-state index contributed by atoms with van der Waals surface area (Å²) in [6.45, 7) is 15.4. The van der Waals surface area contributed by atoms with Crippen LogP contribution in [0.4, 0.5) is 5.82 Å². The summed E-state index contributed by atoms with van der Waals surface area (Å²) in [6, 6.07) is 12.4. The van der Waals surface area contributed by atoms with E-state index in [1.54, 1.807) is 20.8 Å². The number of rotatable bonds is 2. The second-order valence-electron chi connectivity index (χ2n) is 12.9. The Bertz CT molecular complexity index is 1660. The molecule has 1 fully saturated rings. The second kappa shape index (κ2) is 15.0. The number of benzene rings is 1. The van der Waals surface area contributed by atoms with Crippen LogP contribution in [0.3, 0.4) is 0 Å². The third-order valence-electron chi connectivity index (χ3n) is 7.98. The molecule has 0 spiro atoms. The number of hydrogen-bond donors (Lipinski definition) is 2. The molecule has 9 nitrogen and oxygen atoms in total. The lowest BCUT2D eigenvalue weighted by molar-refractivity contribution is -0.136. The molecule has 4 aromatic rings. The van der Waals surface area contributed by atoms with Gasteiger partial charge < -0.3 is 19.8 Å². The Labute approximate surface area is 273 Å². The first-order valence-corrected chi connectivity index (χ1v) is 16.3. The molecule has 1 saturated heterocycles. The van der Waals surface area contributed by atoms with Crippen molar-refractivity contribution in [2.75, 3.05) is 24.6 Å². The molecule has 2 N–H and O–H groups in total. The lowest BCUT2D eigenvalue weighted by atomic mass is 9.93. The molecule has 0 radical (unpaired) electrons. The monoisotopic (exact) mass is 627 g/mol. The van der Waals surface area contributed by atoms with E-state index in [0.29, 0.717) is 17.8 Å². The van der Waals surface area contributed by atoms with Crippen molar-refractivity contribution in [3.63, 3.8) is 0 Å². The second-order valence-corrected chi connectivity index (χ2v) is 12.9. The molecule has 0 aliphatic carbocycles. The predicted molar refractivity (Wildman–Crippen MR) is 184 cm³/mol. The molecule has 0 unspecified atom stereocenters. The molecule has 6 heterocycles. The van der Waals surface area contributed by atoms with Gasteiger partial charge in [0.05, 0.1) is 29.9 Å². The van der Waals surface area contributed by atoms with Crippen LogP contribution in [-0.2, 0) is 22.4 Å². The highest BCUT2D eigenvalue weighted by Crippen LogP contribution is 2.34. The first-order valence-electron chi connectivity index (χ1n) is 16.3. The van der Waals surface area contributed by atoms with Crippen LogP contribution >= 0.6 is 0 Å². The number of nitrogens with zero attached hydrogens (tertiary/aromatic N) is 5. The average molecular weight is 628 g/mol. The van der Waals surface area contributed by atoms with Gasteiger partial charge in [0, 0.05) is 53.9 Å². The Morgan fingerprint density at radius 2 is 1.76 bits per heavy atom. The fraction of sp³-hybridized carbons (Fsp3) is 0.459. The van der Waals surface area contributed by atoms with E-state index in [0.717, 1.165) is 72.7 Å². The van der Waals surface area contributed by atoms with Crippen molar-refractivity contribution in [3.05, 3.63) is 77.8 Å². The molecular weight excluding hydrogens is 578 g/mol. The number of aliphatic hydroxyl groups is 1. The number of carboxylic acids is 1. The van der Waals surface area contributed by atoms with Crippen LogP contribution < -0.4 is 4.90 Å². The van der Waals surface area contributed by atoms with Gasteiger partial charge in [-0.2, -0.15) is 9.61 Å². The Morgan fingerprint density at radius 3 is 2.46 bits per heavy atom. The van der Waals surface area contributed by atoms with Crippen molar-refractivity contribution in [2.24, 2.45) is 0 Å². The molecule has 9 heteroatoms. The van der Waals surface area contributed by atoms with Gasteiger partial charge in [-0.1, -0.05) is 44.2 Å². The molecule has 3 aliphatic heterocycles. The van der Waals surface area contributed by atoms with Crippen LogP contribution in [-0.4, -0.2) is 66.7 Å². The maximum absolute atomic E-state index is 11.9. The minimum Gasteiger partial charge on any atom is -0.481 e. The third kappa shape index (κ3) is 8.79.